The van der Waals surface area contributed by atoms with Crippen LogP contribution in [0.25, 0.3) is 11.5 Å². The molecule has 0 saturated carbocycles. The highest BCUT2D eigenvalue weighted by Crippen LogP contribution is 2.27. The Morgan fingerprint density at radius 3 is 3.00 bits per heavy atom. The standard InChI is InChI=1S/C11H11N3O/c1-7-13-14-11(15-7)9-4-2-3-8-5-12-6-10(8)9/h2-4,12H,5-6H2,1H3. The van der Waals surface area contributed by atoms with Crippen LogP contribution in [0.2, 0.25) is 0 Å². The van der Waals surface area contributed by atoms with Crippen molar-refractivity contribution in [2.75, 3.05) is 0 Å². The number of hydrogen-bond acceptors (Lipinski definition) is 4. The molecule has 0 radical (unpaired) electrons. The number of hydrogen-bond donors (Lipinski definition) is 1. The Kier molecular flexibility index (Phi) is 1.82. The van der Waals surface area contributed by atoms with E-state index in [0.29, 0.717) is 11.8 Å². The fourth-order valence-electron chi connectivity index (χ4n) is 1.94. The van der Waals surface area contributed by atoms with Gasteiger partial charge < -0.3 is 9.73 Å². The molecule has 15 heavy (non-hydrogen) atoms. The lowest BCUT2D eigenvalue weighted by molar-refractivity contribution is 0.532. The van der Waals surface area contributed by atoms with E-state index in [9.17, 15) is 0 Å². The summed E-state index contributed by atoms with van der Waals surface area (Å²) in [5.74, 6) is 1.22. The lowest BCUT2D eigenvalue weighted by Gasteiger charge is -2.02. The van der Waals surface area contributed by atoms with Gasteiger partial charge in [-0.25, -0.2) is 0 Å². The summed E-state index contributed by atoms with van der Waals surface area (Å²) >= 11 is 0. The summed E-state index contributed by atoms with van der Waals surface area (Å²) in [6.45, 7) is 3.61. The van der Waals surface area contributed by atoms with Gasteiger partial charge in [-0.05, 0) is 17.2 Å². The molecule has 0 bridgehead atoms. The topological polar surface area (TPSA) is 51.0 Å². The largest absolute Gasteiger partial charge is 0.421 e. The summed E-state index contributed by atoms with van der Waals surface area (Å²) < 4.78 is 5.44. The number of nitrogens with one attached hydrogen (secondary N) is 1. The molecule has 2 heterocycles. The van der Waals surface area contributed by atoms with Crippen molar-refractivity contribution in [2.24, 2.45) is 0 Å². The van der Waals surface area contributed by atoms with Crippen molar-refractivity contribution in [2.45, 2.75) is 20.0 Å². The maximum Gasteiger partial charge on any atom is 0.248 e. The van der Waals surface area contributed by atoms with Crippen LogP contribution >= 0.6 is 0 Å². The molecule has 0 spiro atoms. The predicted molar refractivity (Wildman–Crippen MR) is 55.0 cm³/mol. The van der Waals surface area contributed by atoms with E-state index in [1.165, 1.54) is 11.1 Å². The second-order valence-electron chi connectivity index (χ2n) is 3.67. The third-order valence-electron chi connectivity index (χ3n) is 2.65. The zero-order valence-corrected chi connectivity index (χ0v) is 8.45. The Morgan fingerprint density at radius 1 is 1.27 bits per heavy atom. The first kappa shape index (κ1) is 8.61. The van der Waals surface area contributed by atoms with Crippen molar-refractivity contribution in [3.63, 3.8) is 0 Å². The number of benzene rings is 1. The van der Waals surface area contributed by atoms with E-state index in [-0.39, 0.29) is 0 Å². The van der Waals surface area contributed by atoms with Gasteiger partial charge in [0.15, 0.2) is 0 Å². The van der Waals surface area contributed by atoms with Crippen molar-refractivity contribution < 1.29 is 4.42 Å². The molecule has 4 nitrogen and oxygen atoms in total. The molecular weight excluding hydrogens is 190 g/mol. The molecule has 1 aliphatic rings. The summed E-state index contributed by atoms with van der Waals surface area (Å²) in [6.07, 6.45) is 0. The van der Waals surface area contributed by atoms with Gasteiger partial charge in [-0.1, -0.05) is 12.1 Å². The molecule has 0 amide bonds. The normalized spacial score (nSPS) is 14.2. The molecule has 0 unspecified atom stereocenters. The zero-order chi connectivity index (χ0) is 10.3. The Balaban J connectivity index is 2.16. The summed E-state index contributed by atoms with van der Waals surface area (Å²) in [5.41, 5.74) is 3.66. The van der Waals surface area contributed by atoms with Gasteiger partial charge in [0.25, 0.3) is 0 Å². The quantitative estimate of drug-likeness (QED) is 0.762. The zero-order valence-electron chi connectivity index (χ0n) is 8.45. The minimum absolute atomic E-state index is 0.605. The van der Waals surface area contributed by atoms with Gasteiger partial charge in [-0.3, -0.25) is 0 Å². The maximum absolute atomic E-state index is 5.44. The lowest BCUT2D eigenvalue weighted by Crippen LogP contribution is -2.00. The number of fused-ring (bicyclic) bond motifs is 1. The third-order valence-corrected chi connectivity index (χ3v) is 2.65. The van der Waals surface area contributed by atoms with Gasteiger partial charge in [0.1, 0.15) is 0 Å². The molecule has 1 N–H and O–H groups in total. The highest BCUT2D eigenvalue weighted by molar-refractivity contribution is 5.61. The smallest absolute Gasteiger partial charge is 0.248 e. The van der Waals surface area contributed by atoms with Crippen LogP contribution in [0.15, 0.2) is 22.6 Å². The fraction of sp³-hybridized carbons (Fsp3) is 0.273. The van der Waals surface area contributed by atoms with Gasteiger partial charge >= 0.3 is 0 Å². The first-order chi connectivity index (χ1) is 7.34. The Bertz CT molecular complexity index is 504. The first-order valence-corrected chi connectivity index (χ1v) is 4.96. The molecule has 3 rings (SSSR count). The van der Waals surface area contributed by atoms with Crippen molar-refractivity contribution >= 4 is 0 Å². The van der Waals surface area contributed by atoms with Crippen LogP contribution in [0.4, 0.5) is 0 Å². The predicted octanol–water partition coefficient (Wildman–Crippen LogP) is 1.65. The van der Waals surface area contributed by atoms with Crippen LogP contribution in [0.1, 0.15) is 17.0 Å². The molecule has 1 aromatic heterocycles. The molecule has 76 valence electrons. The fourth-order valence-corrected chi connectivity index (χ4v) is 1.94. The van der Waals surface area contributed by atoms with E-state index in [0.717, 1.165) is 18.7 Å². The van der Waals surface area contributed by atoms with Crippen LogP contribution in [-0.4, -0.2) is 10.2 Å². The van der Waals surface area contributed by atoms with E-state index in [2.05, 4.69) is 21.6 Å². The number of rotatable bonds is 1. The van der Waals surface area contributed by atoms with E-state index in [1.807, 2.05) is 12.1 Å². The third kappa shape index (κ3) is 1.34. The monoisotopic (exact) mass is 201 g/mol. The first-order valence-electron chi connectivity index (χ1n) is 4.96. The molecule has 0 aliphatic carbocycles. The van der Waals surface area contributed by atoms with Crippen LogP contribution in [0.3, 0.4) is 0 Å². The Hall–Kier alpha value is -1.68. The van der Waals surface area contributed by atoms with Crippen LogP contribution in [-0.2, 0) is 13.1 Å². The van der Waals surface area contributed by atoms with Gasteiger partial charge in [0, 0.05) is 25.6 Å². The van der Waals surface area contributed by atoms with E-state index >= 15 is 0 Å². The highest BCUT2D eigenvalue weighted by Gasteiger charge is 2.17. The number of aryl methyl sites for hydroxylation is 1. The second kappa shape index (κ2) is 3.17. The van der Waals surface area contributed by atoms with Crippen molar-refractivity contribution in [1.29, 1.82) is 0 Å². The molecule has 0 atom stereocenters. The van der Waals surface area contributed by atoms with Gasteiger partial charge in [-0.2, -0.15) is 0 Å². The summed E-state index contributed by atoms with van der Waals surface area (Å²) in [7, 11) is 0. The van der Waals surface area contributed by atoms with Crippen LogP contribution in [0.5, 0.6) is 0 Å². The van der Waals surface area contributed by atoms with E-state index < -0.39 is 0 Å². The molecule has 2 aromatic rings. The molecular formula is C11H11N3O. The lowest BCUT2D eigenvalue weighted by atomic mass is 10.0. The second-order valence-corrected chi connectivity index (χ2v) is 3.67. The van der Waals surface area contributed by atoms with E-state index in [1.54, 1.807) is 6.92 Å². The highest BCUT2D eigenvalue weighted by atomic mass is 16.4. The molecule has 0 saturated heterocycles. The number of aromatic nitrogens is 2. The van der Waals surface area contributed by atoms with Crippen LogP contribution < -0.4 is 5.32 Å². The average Bonchev–Trinajstić information content (AvgIpc) is 2.84. The van der Waals surface area contributed by atoms with Crippen LogP contribution in [0, 0.1) is 6.92 Å². The Morgan fingerprint density at radius 2 is 2.20 bits per heavy atom. The SMILES string of the molecule is Cc1nnc(-c2cccc3c2CNC3)o1. The minimum Gasteiger partial charge on any atom is -0.421 e. The summed E-state index contributed by atoms with van der Waals surface area (Å²) in [5, 5.41) is 11.2. The molecule has 1 aliphatic heterocycles. The van der Waals surface area contributed by atoms with Crippen molar-refractivity contribution in [3.8, 4) is 11.5 Å². The average molecular weight is 201 g/mol. The summed E-state index contributed by atoms with van der Waals surface area (Å²) in [6, 6.07) is 6.18. The molecule has 4 heteroatoms. The number of nitrogens with zero attached hydrogens (tertiary/aromatic N) is 2. The molecule has 1 aromatic carbocycles. The summed E-state index contributed by atoms with van der Waals surface area (Å²) in [4.78, 5) is 0. The Labute approximate surface area is 87.3 Å². The van der Waals surface area contributed by atoms with Crippen molar-refractivity contribution in [3.05, 3.63) is 35.2 Å². The maximum atomic E-state index is 5.44. The minimum atomic E-state index is 0.605. The van der Waals surface area contributed by atoms with Gasteiger partial charge in [-0.15, -0.1) is 10.2 Å². The van der Waals surface area contributed by atoms with Gasteiger partial charge in [0.2, 0.25) is 11.8 Å². The van der Waals surface area contributed by atoms with Gasteiger partial charge in [0.05, 0.1) is 0 Å². The van der Waals surface area contributed by atoms with Crippen molar-refractivity contribution in [1.82, 2.24) is 15.5 Å². The van der Waals surface area contributed by atoms with E-state index in [4.69, 9.17) is 4.42 Å². The molecule has 0 fully saturated rings.